The summed E-state index contributed by atoms with van der Waals surface area (Å²) in [7, 11) is 0. The summed E-state index contributed by atoms with van der Waals surface area (Å²) in [5.41, 5.74) is 1.99. The molecule has 1 N–H and O–H groups in total. The average Bonchev–Trinajstić information content (AvgIpc) is 2.85. The van der Waals surface area contributed by atoms with Crippen LogP contribution in [-0.2, 0) is 0 Å². The Kier molecular flexibility index (Phi) is 1.73. The molecule has 72 valence electrons. The number of hydrogen-bond acceptors (Lipinski definition) is 3. The van der Waals surface area contributed by atoms with Gasteiger partial charge in [-0.15, -0.1) is 0 Å². The quantitative estimate of drug-likeness (QED) is 0.725. The lowest BCUT2D eigenvalue weighted by Gasteiger charge is -2.09. The van der Waals surface area contributed by atoms with E-state index in [0.29, 0.717) is 6.04 Å². The molecule has 0 spiro atoms. The van der Waals surface area contributed by atoms with E-state index in [1.54, 1.807) is 0 Å². The van der Waals surface area contributed by atoms with E-state index in [1.807, 2.05) is 24.7 Å². The second kappa shape index (κ2) is 3.06. The number of hydrogen-bond donors (Lipinski definition) is 1. The molecule has 0 aromatic carbocycles. The Morgan fingerprint density at radius 2 is 2.43 bits per heavy atom. The third kappa shape index (κ3) is 1.11. The van der Waals surface area contributed by atoms with Crippen LogP contribution in [0, 0.1) is 0 Å². The molecule has 3 rings (SSSR count). The molecule has 14 heavy (non-hydrogen) atoms. The van der Waals surface area contributed by atoms with Crippen molar-refractivity contribution in [3.8, 4) is 0 Å². The van der Waals surface area contributed by atoms with Crippen molar-refractivity contribution in [3.63, 3.8) is 0 Å². The highest BCUT2D eigenvalue weighted by atomic mass is 15.2. The topological polar surface area (TPSA) is 42.7 Å². The van der Waals surface area contributed by atoms with Crippen molar-refractivity contribution in [2.75, 3.05) is 13.1 Å². The predicted molar refractivity (Wildman–Crippen MR) is 54.1 cm³/mol. The normalized spacial score (nSPS) is 21.9. The van der Waals surface area contributed by atoms with Crippen LogP contribution in [0.1, 0.15) is 12.5 Å². The van der Waals surface area contributed by atoms with Gasteiger partial charge in [0.2, 0.25) is 0 Å². The fourth-order valence-corrected chi connectivity index (χ4v) is 2.01. The van der Waals surface area contributed by atoms with E-state index in [-0.39, 0.29) is 0 Å². The van der Waals surface area contributed by atoms with Crippen LogP contribution in [-0.4, -0.2) is 27.6 Å². The molecule has 4 nitrogen and oxygen atoms in total. The Balaban J connectivity index is 2.11. The van der Waals surface area contributed by atoms with Crippen molar-refractivity contribution < 1.29 is 0 Å². The molecule has 1 aliphatic rings. The van der Waals surface area contributed by atoms with Crippen LogP contribution in [0.25, 0.3) is 11.2 Å². The first-order valence-corrected chi connectivity index (χ1v) is 4.93. The number of nitrogens with zero attached hydrogens (tertiary/aromatic N) is 3. The van der Waals surface area contributed by atoms with Gasteiger partial charge < -0.3 is 9.88 Å². The highest BCUT2D eigenvalue weighted by Crippen LogP contribution is 2.19. The Hall–Kier alpha value is -1.42. The number of imidazole rings is 1. The number of rotatable bonds is 1. The van der Waals surface area contributed by atoms with Crippen LogP contribution >= 0.6 is 0 Å². The lowest BCUT2D eigenvalue weighted by Crippen LogP contribution is -2.12. The molecular weight excluding hydrogens is 176 g/mol. The van der Waals surface area contributed by atoms with Gasteiger partial charge in [0.05, 0.1) is 12.4 Å². The van der Waals surface area contributed by atoms with Crippen LogP contribution in [0.15, 0.2) is 24.7 Å². The number of aromatic nitrogens is 3. The third-order valence-corrected chi connectivity index (χ3v) is 2.76. The van der Waals surface area contributed by atoms with Crippen LogP contribution < -0.4 is 5.32 Å². The Labute approximate surface area is 82.0 Å². The lowest BCUT2D eigenvalue weighted by atomic mass is 10.2. The van der Waals surface area contributed by atoms with Gasteiger partial charge in [0, 0.05) is 12.7 Å². The zero-order valence-electron chi connectivity index (χ0n) is 7.85. The first kappa shape index (κ1) is 7.94. The summed E-state index contributed by atoms with van der Waals surface area (Å²) in [6, 6.07) is 4.45. The first-order valence-electron chi connectivity index (χ1n) is 4.93. The molecule has 1 fully saturated rings. The van der Waals surface area contributed by atoms with E-state index >= 15 is 0 Å². The molecule has 0 bridgehead atoms. The van der Waals surface area contributed by atoms with Gasteiger partial charge in [0.15, 0.2) is 5.65 Å². The molecule has 0 aliphatic carbocycles. The van der Waals surface area contributed by atoms with Crippen molar-refractivity contribution in [3.05, 3.63) is 24.7 Å². The van der Waals surface area contributed by atoms with Gasteiger partial charge in [-0.25, -0.2) is 9.97 Å². The van der Waals surface area contributed by atoms with Crippen molar-refractivity contribution in [2.24, 2.45) is 0 Å². The molecule has 0 saturated carbocycles. The lowest BCUT2D eigenvalue weighted by molar-refractivity contribution is 0.558. The number of fused-ring (bicyclic) bond motifs is 1. The minimum atomic E-state index is 0.523. The maximum atomic E-state index is 4.36. The van der Waals surface area contributed by atoms with E-state index in [0.717, 1.165) is 24.3 Å². The molecule has 1 saturated heterocycles. The summed E-state index contributed by atoms with van der Waals surface area (Å²) in [6.07, 6.45) is 4.89. The minimum absolute atomic E-state index is 0.523. The van der Waals surface area contributed by atoms with E-state index < -0.39 is 0 Å². The van der Waals surface area contributed by atoms with Gasteiger partial charge in [-0.2, -0.15) is 0 Å². The third-order valence-electron chi connectivity index (χ3n) is 2.76. The highest BCUT2D eigenvalue weighted by Gasteiger charge is 2.18. The number of pyridine rings is 1. The molecular formula is C10H12N4. The fraction of sp³-hybridized carbons (Fsp3) is 0.400. The van der Waals surface area contributed by atoms with Crippen molar-refractivity contribution in [2.45, 2.75) is 12.5 Å². The number of nitrogens with one attached hydrogen (secondary N) is 1. The van der Waals surface area contributed by atoms with Crippen LogP contribution in [0.4, 0.5) is 0 Å². The van der Waals surface area contributed by atoms with Crippen molar-refractivity contribution >= 4 is 11.2 Å². The van der Waals surface area contributed by atoms with Crippen LogP contribution in [0.5, 0.6) is 0 Å². The largest absolute Gasteiger partial charge is 0.315 e. The molecule has 1 atom stereocenters. The maximum absolute atomic E-state index is 4.36. The second-order valence-electron chi connectivity index (χ2n) is 3.64. The summed E-state index contributed by atoms with van der Waals surface area (Å²) in [5.74, 6) is 0. The fourth-order valence-electron chi connectivity index (χ4n) is 2.01. The smallest absolute Gasteiger partial charge is 0.160 e. The van der Waals surface area contributed by atoms with Crippen LogP contribution in [0.2, 0.25) is 0 Å². The monoisotopic (exact) mass is 188 g/mol. The standard InChI is InChI=1S/C10H12N4/c1-2-9-10(12-4-1)14(7-13-9)8-3-5-11-6-8/h1-2,4,7-8,11H,3,5-6H2/t8-/m0/s1. The Morgan fingerprint density at radius 3 is 3.29 bits per heavy atom. The summed E-state index contributed by atoms with van der Waals surface area (Å²) in [4.78, 5) is 8.69. The van der Waals surface area contributed by atoms with Crippen LogP contribution in [0.3, 0.4) is 0 Å². The molecule has 3 heterocycles. The van der Waals surface area contributed by atoms with E-state index in [9.17, 15) is 0 Å². The molecule has 0 unspecified atom stereocenters. The highest BCUT2D eigenvalue weighted by molar-refractivity contribution is 5.70. The van der Waals surface area contributed by atoms with Gasteiger partial charge in [-0.3, -0.25) is 0 Å². The first-order chi connectivity index (χ1) is 6.95. The molecule has 4 heteroatoms. The maximum Gasteiger partial charge on any atom is 0.160 e. The Bertz CT molecular complexity index is 442. The zero-order chi connectivity index (χ0) is 9.38. The molecule has 0 amide bonds. The minimum Gasteiger partial charge on any atom is -0.315 e. The van der Waals surface area contributed by atoms with Gasteiger partial charge in [0.1, 0.15) is 5.52 Å². The zero-order valence-corrected chi connectivity index (χ0v) is 7.85. The van der Waals surface area contributed by atoms with Gasteiger partial charge in [-0.05, 0) is 25.1 Å². The van der Waals surface area contributed by atoms with Gasteiger partial charge >= 0.3 is 0 Å². The molecule has 0 radical (unpaired) electrons. The molecule has 1 aliphatic heterocycles. The van der Waals surface area contributed by atoms with E-state index in [1.165, 1.54) is 6.42 Å². The van der Waals surface area contributed by atoms with E-state index in [2.05, 4.69) is 19.9 Å². The predicted octanol–water partition coefficient (Wildman–Crippen LogP) is 0.966. The van der Waals surface area contributed by atoms with E-state index in [4.69, 9.17) is 0 Å². The summed E-state index contributed by atoms with van der Waals surface area (Å²) in [6.45, 7) is 2.12. The van der Waals surface area contributed by atoms with Crippen molar-refractivity contribution in [1.29, 1.82) is 0 Å². The molecule has 2 aromatic rings. The van der Waals surface area contributed by atoms with Crippen molar-refractivity contribution in [1.82, 2.24) is 19.9 Å². The molecule has 2 aromatic heterocycles. The summed E-state index contributed by atoms with van der Waals surface area (Å²) in [5, 5.41) is 3.35. The SMILES string of the molecule is c1cnc2c(c1)ncn2[C@H]1CCNC1. The summed E-state index contributed by atoms with van der Waals surface area (Å²) >= 11 is 0. The second-order valence-corrected chi connectivity index (χ2v) is 3.64. The average molecular weight is 188 g/mol. The van der Waals surface area contributed by atoms with Gasteiger partial charge in [-0.1, -0.05) is 0 Å². The summed E-state index contributed by atoms with van der Waals surface area (Å²) < 4.78 is 2.18. The van der Waals surface area contributed by atoms with Gasteiger partial charge in [0.25, 0.3) is 0 Å². The Morgan fingerprint density at radius 1 is 1.43 bits per heavy atom.